The molecular weight excluding hydrogens is 331 g/mol. The Labute approximate surface area is 147 Å². The van der Waals surface area contributed by atoms with Crippen LogP contribution in [0.2, 0.25) is 10.0 Å². The van der Waals surface area contributed by atoms with Gasteiger partial charge in [0.05, 0.1) is 0 Å². The number of nitrogens with one attached hydrogen (secondary N) is 2. The van der Waals surface area contributed by atoms with E-state index in [2.05, 4.69) is 10.6 Å². The highest BCUT2D eigenvalue weighted by Crippen LogP contribution is 2.14. The van der Waals surface area contributed by atoms with Crippen LogP contribution in [0.5, 0.6) is 0 Å². The molecule has 2 aromatic carbocycles. The summed E-state index contributed by atoms with van der Waals surface area (Å²) >= 11 is 11.9. The van der Waals surface area contributed by atoms with E-state index in [9.17, 15) is 4.79 Å². The fourth-order valence-electron chi connectivity index (χ4n) is 2.15. The van der Waals surface area contributed by atoms with Gasteiger partial charge in [-0.3, -0.25) is 4.79 Å². The Morgan fingerprint density at radius 1 is 0.957 bits per heavy atom. The fourth-order valence-corrected chi connectivity index (χ4v) is 2.48. The summed E-state index contributed by atoms with van der Waals surface area (Å²) in [6.45, 7) is 1.92. The van der Waals surface area contributed by atoms with Crippen molar-refractivity contribution in [2.75, 3.05) is 13.1 Å². The van der Waals surface area contributed by atoms with Crippen molar-refractivity contribution in [2.45, 2.75) is 19.4 Å². The highest BCUT2D eigenvalue weighted by atomic mass is 35.5. The maximum Gasteiger partial charge on any atom is 0.221 e. The normalized spacial score (nSPS) is 10.5. The van der Waals surface area contributed by atoms with E-state index in [1.807, 2.05) is 48.5 Å². The molecule has 0 aliphatic rings. The van der Waals surface area contributed by atoms with Gasteiger partial charge in [-0.15, -0.1) is 0 Å². The van der Waals surface area contributed by atoms with E-state index in [0.717, 1.165) is 27.6 Å². The number of hydrogen-bond donors (Lipinski definition) is 2. The number of carbonyl (C=O) groups is 1. The third kappa shape index (κ3) is 6.61. The summed E-state index contributed by atoms with van der Waals surface area (Å²) in [5.74, 6) is 0.0469. The predicted molar refractivity (Wildman–Crippen MR) is 95.9 cm³/mol. The van der Waals surface area contributed by atoms with E-state index >= 15 is 0 Å². The minimum Gasteiger partial charge on any atom is -0.356 e. The Kier molecular flexibility index (Phi) is 7.40. The Morgan fingerprint density at radius 2 is 1.70 bits per heavy atom. The van der Waals surface area contributed by atoms with E-state index in [4.69, 9.17) is 23.2 Å². The van der Waals surface area contributed by atoms with Crippen molar-refractivity contribution in [1.82, 2.24) is 10.6 Å². The molecule has 0 aliphatic carbocycles. The molecule has 122 valence electrons. The van der Waals surface area contributed by atoms with Gasteiger partial charge in [-0.1, -0.05) is 53.5 Å². The minimum absolute atomic E-state index is 0.0469. The topological polar surface area (TPSA) is 41.1 Å². The van der Waals surface area contributed by atoms with Crippen molar-refractivity contribution in [1.29, 1.82) is 0 Å². The molecule has 5 heteroatoms. The molecular formula is C18H20Cl2N2O. The van der Waals surface area contributed by atoms with Gasteiger partial charge in [0.25, 0.3) is 0 Å². The van der Waals surface area contributed by atoms with Gasteiger partial charge in [0.2, 0.25) is 5.91 Å². The Morgan fingerprint density at radius 3 is 2.43 bits per heavy atom. The first-order valence-electron chi connectivity index (χ1n) is 7.60. The van der Waals surface area contributed by atoms with Crippen LogP contribution in [-0.2, 0) is 17.8 Å². The average Bonchev–Trinajstić information content (AvgIpc) is 2.55. The molecule has 2 aromatic rings. The standard InChI is InChI=1S/C18H20Cl2N2O/c19-16-7-5-14(6-8-16)9-12-22-18(23)10-11-21-13-15-3-1-2-4-17(15)20/h1-8,21H,9-13H2,(H,22,23). The third-order valence-electron chi connectivity index (χ3n) is 3.45. The molecule has 0 aliphatic heterocycles. The highest BCUT2D eigenvalue weighted by Gasteiger charge is 2.02. The van der Waals surface area contributed by atoms with Crippen molar-refractivity contribution < 1.29 is 4.79 Å². The first-order chi connectivity index (χ1) is 11.1. The number of carbonyl (C=O) groups excluding carboxylic acids is 1. The van der Waals surface area contributed by atoms with E-state index in [1.54, 1.807) is 0 Å². The molecule has 0 aromatic heterocycles. The van der Waals surface area contributed by atoms with Gasteiger partial charge in [0, 0.05) is 36.1 Å². The van der Waals surface area contributed by atoms with Crippen LogP contribution in [-0.4, -0.2) is 19.0 Å². The zero-order valence-electron chi connectivity index (χ0n) is 12.8. The van der Waals surface area contributed by atoms with Crippen LogP contribution in [0.4, 0.5) is 0 Å². The summed E-state index contributed by atoms with van der Waals surface area (Å²) in [5, 5.41) is 7.61. The first kappa shape index (κ1) is 17.8. The van der Waals surface area contributed by atoms with Gasteiger partial charge in [0.1, 0.15) is 0 Å². The van der Waals surface area contributed by atoms with Crippen molar-refractivity contribution in [2.24, 2.45) is 0 Å². The monoisotopic (exact) mass is 350 g/mol. The van der Waals surface area contributed by atoms with Crippen LogP contribution >= 0.6 is 23.2 Å². The van der Waals surface area contributed by atoms with E-state index in [0.29, 0.717) is 26.1 Å². The van der Waals surface area contributed by atoms with Crippen molar-refractivity contribution in [3.8, 4) is 0 Å². The smallest absolute Gasteiger partial charge is 0.221 e. The molecule has 0 spiro atoms. The molecule has 0 saturated heterocycles. The molecule has 2 rings (SSSR count). The number of hydrogen-bond acceptors (Lipinski definition) is 2. The minimum atomic E-state index is 0.0469. The maximum atomic E-state index is 11.8. The second-order valence-corrected chi connectivity index (χ2v) is 6.09. The Bertz CT molecular complexity index is 629. The zero-order chi connectivity index (χ0) is 16.5. The van der Waals surface area contributed by atoms with Gasteiger partial charge >= 0.3 is 0 Å². The maximum absolute atomic E-state index is 11.8. The van der Waals surface area contributed by atoms with Crippen molar-refractivity contribution in [3.63, 3.8) is 0 Å². The SMILES string of the molecule is O=C(CCNCc1ccccc1Cl)NCCc1ccc(Cl)cc1. The molecule has 0 unspecified atom stereocenters. The molecule has 0 saturated carbocycles. The number of rotatable bonds is 8. The molecule has 0 atom stereocenters. The lowest BCUT2D eigenvalue weighted by atomic mass is 10.1. The van der Waals surface area contributed by atoms with Gasteiger partial charge in [-0.2, -0.15) is 0 Å². The van der Waals surface area contributed by atoms with Crippen LogP contribution in [0.3, 0.4) is 0 Å². The first-order valence-corrected chi connectivity index (χ1v) is 8.36. The molecule has 0 radical (unpaired) electrons. The van der Waals surface area contributed by atoms with Crippen LogP contribution < -0.4 is 10.6 Å². The van der Waals surface area contributed by atoms with Crippen LogP contribution in [0.15, 0.2) is 48.5 Å². The zero-order valence-corrected chi connectivity index (χ0v) is 14.3. The molecule has 0 heterocycles. The largest absolute Gasteiger partial charge is 0.356 e. The van der Waals surface area contributed by atoms with Crippen LogP contribution in [0.25, 0.3) is 0 Å². The second kappa shape index (κ2) is 9.56. The highest BCUT2D eigenvalue weighted by molar-refractivity contribution is 6.31. The van der Waals surface area contributed by atoms with Gasteiger partial charge < -0.3 is 10.6 Å². The Hall–Kier alpha value is -1.55. The summed E-state index contributed by atoms with van der Waals surface area (Å²) in [6, 6.07) is 15.4. The summed E-state index contributed by atoms with van der Waals surface area (Å²) < 4.78 is 0. The molecule has 3 nitrogen and oxygen atoms in total. The van der Waals surface area contributed by atoms with Gasteiger partial charge in [-0.25, -0.2) is 0 Å². The van der Waals surface area contributed by atoms with Gasteiger partial charge in [0.15, 0.2) is 0 Å². The van der Waals surface area contributed by atoms with Crippen molar-refractivity contribution in [3.05, 3.63) is 69.7 Å². The lowest BCUT2D eigenvalue weighted by Crippen LogP contribution is -2.29. The Balaban J connectivity index is 1.58. The molecule has 1 amide bonds. The van der Waals surface area contributed by atoms with E-state index in [1.165, 1.54) is 0 Å². The lowest BCUT2D eigenvalue weighted by Gasteiger charge is -2.08. The number of benzene rings is 2. The summed E-state index contributed by atoms with van der Waals surface area (Å²) in [5.41, 5.74) is 2.20. The quantitative estimate of drug-likeness (QED) is 0.710. The molecule has 23 heavy (non-hydrogen) atoms. The van der Waals surface area contributed by atoms with Gasteiger partial charge in [-0.05, 0) is 35.7 Å². The predicted octanol–water partition coefficient (Wildman–Crippen LogP) is 3.83. The summed E-state index contributed by atoms with van der Waals surface area (Å²) in [4.78, 5) is 11.8. The average molecular weight is 351 g/mol. The second-order valence-electron chi connectivity index (χ2n) is 5.24. The summed E-state index contributed by atoms with van der Waals surface area (Å²) in [7, 11) is 0. The molecule has 2 N–H and O–H groups in total. The molecule has 0 fully saturated rings. The number of halogens is 2. The van der Waals surface area contributed by atoms with E-state index < -0.39 is 0 Å². The van der Waals surface area contributed by atoms with Crippen LogP contribution in [0.1, 0.15) is 17.5 Å². The van der Waals surface area contributed by atoms with Crippen molar-refractivity contribution >= 4 is 29.1 Å². The summed E-state index contributed by atoms with van der Waals surface area (Å²) in [6.07, 6.45) is 1.25. The number of amides is 1. The third-order valence-corrected chi connectivity index (χ3v) is 4.07. The molecule has 0 bridgehead atoms. The van der Waals surface area contributed by atoms with E-state index in [-0.39, 0.29) is 5.91 Å². The fraction of sp³-hybridized carbons (Fsp3) is 0.278. The lowest BCUT2D eigenvalue weighted by molar-refractivity contribution is -0.120. The van der Waals surface area contributed by atoms with Crippen LogP contribution in [0, 0.1) is 0 Å².